The zero-order chi connectivity index (χ0) is 24.7. The summed E-state index contributed by atoms with van der Waals surface area (Å²) in [5.41, 5.74) is 5.01. The Morgan fingerprint density at radius 2 is 1.54 bits per heavy atom. The van der Waals surface area contributed by atoms with Gasteiger partial charge in [-0.15, -0.1) is 0 Å². The molecule has 0 amide bonds. The van der Waals surface area contributed by atoms with Crippen LogP contribution in [-0.2, 0) is 6.42 Å². The molecule has 182 valence electrons. The minimum atomic E-state index is -2.45. The van der Waals surface area contributed by atoms with E-state index in [4.69, 9.17) is 5.26 Å². The lowest BCUT2D eigenvalue weighted by molar-refractivity contribution is 0.418. The summed E-state index contributed by atoms with van der Waals surface area (Å²) in [5, 5.41) is 8.95. The predicted molar refractivity (Wildman–Crippen MR) is 144 cm³/mol. The maximum Gasteiger partial charge on any atom is 0.247 e. The Morgan fingerprint density at radius 1 is 0.886 bits per heavy atom. The van der Waals surface area contributed by atoms with Gasteiger partial charge in [-0.25, -0.2) is 4.39 Å². The second kappa shape index (κ2) is 11.8. The van der Waals surface area contributed by atoms with E-state index in [1.807, 2.05) is 36.4 Å². The first-order chi connectivity index (χ1) is 17.0. The summed E-state index contributed by atoms with van der Waals surface area (Å²) >= 11 is 0. The molecule has 1 nitrogen and oxygen atoms in total. The molecule has 0 atom stereocenters. The zero-order valence-electron chi connectivity index (χ0n) is 20.7. The number of nitrogens with zero attached hydrogens (tertiary/aromatic N) is 1. The van der Waals surface area contributed by atoms with Crippen LogP contribution in [0.5, 0.6) is 0 Å². The van der Waals surface area contributed by atoms with E-state index in [0.717, 1.165) is 66.9 Å². The van der Waals surface area contributed by atoms with Crippen molar-refractivity contribution >= 4 is 8.41 Å². The van der Waals surface area contributed by atoms with Crippen LogP contribution in [0, 0.1) is 23.1 Å². The molecule has 4 rings (SSSR count). The fourth-order valence-electron chi connectivity index (χ4n) is 5.31. The van der Waals surface area contributed by atoms with Crippen LogP contribution in [0.15, 0.2) is 66.7 Å². The molecule has 0 spiro atoms. The Bertz CT molecular complexity index is 1140. The van der Waals surface area contributed by atoms with Crippen molar-refractivity contribution in [3.8, 4) is 28.3 Å². The number of benzene rings is 3. The van der Waals surface area contributed by atoms with Gasteiger partial charge in [-0.3, -0.25) is 0 Å². The van der Waals surface area contributed by atoms with Gasteiger partial charge >= 0.3 is 0 Å². The Labute approximate surface area is 210 Å². The first-order valence-electron chi connectivity index (χ1n) is 13.1. The van der Waals surface area contributed by atoms with Gasteiger partial charge in [0.25, 0.3) is 0 Å². The number of halogens is 2. The van der Waals surface area contributed by atoms with Crippen LogP contribution in [0.1, 0.15) is 56.6 Å². The van der Waals surface area contributed by atoms with Gasteiger partial charge in [0.15, 0.2) is 0 Å². The number of hydrogen-bond acceptors (Lipinski definition) is 1. The molecule has 0 aliphatic carbocycles. The van der Waals surface area contributed by atoms with Gasteiger partial charge in [0.2, 0.25) is 8.41 Å². The number of hydrogen-bond donors (Lipinski definition) is 0. The Morgan fingerprint density at radius 3 is 2.17 bits per heavy atom. The van der Waals surface area contributed by atoms with Gasteiger partial charge < -0.3 is 4.11 Å². The van der Waals surface area contributed by atoms with Crippen molar-refractivity contribution in [1.82, 2.24) is 0 Å². The third kappa shape index (κ3) is 6.67. The van der Waals surface area contributed by atoms with Gasteiger partial charge in [0.05, 0.1) is 11.6 Å². The lowest BCUT2D eigenvalue weighted by atomic mass is 9.93. The van der Waals surface area contributed by atoms with Crippen molar-refractivity contribution in [2.45, 2.75) is 70.0 Å². The van der Waals surface area contributed by atoms with Crippen LogP contribution in [-0.4, -0.2) is 8.41 Å². The highest BCUT2D eigenvalue weighted by Gasteiger charge is 2.37. The average molecular weight is 488 g/mol. The molecule has 1 aliphatic rings. The topological polar surface area (TPSA) is 23.8 Å². The first kappa shape index (κ1) is 25.3. The first-order valence-corrected chi connectivity index (χ1v) is 15.6. The molecular weight excluding hydrogens is 452 g/mol. The van der Waals surface area contributed by atoms with Crippen LogP contribution < -0.4 is 0 Å². The molecule has 0 N–H and O–H groups in total. The summed E-state index contributed by atoms with van der Waals surface area (Å²) in [5.74, 6) is 0.393. The molecule has 1 fully saturated rings. The Hall–Kier alpha value is -2.77. The summed E-state index contributed by atoms with van der Waals surface area (Å²) in [4.78, 5) is 0. The van der Waals surface area contributed by atoms with E-state index in [2.05, 4.69) is 25.1 Å². The SMILES string of the molecule is CCCCC[Si@]1(F)CC[C@@H](CCc2ccc(-c3ccc(-c4ccc(C#N)cc4)cc3F)cc2)CC1. The highest BCUT2D eigenvalue weighted by molar-refractivity contribution is 6.73. The summed E-state index contributed by atoms with van der Waals surface area (Å²) in [6.07, 6.45) is 7.66. The van der Waals surface area contributed by atoms with E-state index in [-0.39, 0.29) is 5.82 Å². The summed E-state index contributed by atoms with van der Waals surface area (Å²) in [6, 6.07) is 25.4. The fraction of sp³-hybridized carbons (Fsp3) is 0.387. The van der Waals surface area contributed by atoms with E-state index >= 15 is 4.11 Å². The minimum absolute atomic E-state index is 0.250. The van der Waals surface area contributed by atoms with Crippen LogP contribution in [0.25, 0.3) is 22.3 Å². The molecule has 0 saturated carbocycles. The van der Waals surface area contributed by atoms with E-state index in [0.29, 0.717) is 17.0 Å². The Kier molecular flexibility index (Phi) is 8.52. The van der Waals surface area contributed by atoms with Crippen molar-refractivity contribution in [2.24, 2.45) is 5.92 Å². The van der Waals surface area contributed by atoms with Crippen LogP contribution >= 0.6 is 0 Å². The van der Waals surface area contributed by atoms with Crippen LogP contribution in [0.4, 0.5) is 8.50 Å². The molecule has 1 aliphatic heterocycles. The van der Waals surface area contributed by atoms with Crippen LogP contribution in [0.3, 0.4) is 0 Å². The largest absolute Gasteiger partial charge is 0.314 e. The number of unbranched alkanes of at least 4 members (excludes halogenated alkanes) is 2. The minimum Gasteiger partial charge on any atom is -0.314 e. The van der Waals surface area contributed by atoms with Gasteiger partial charge in [-0.1, -0.05) is 87.6 Å². The molecule has 0 radical (unpaired) electrons. The molecule has 1 heterocycles. The second-order valence-corrected chi connectivity index (χ2v) is 14.0. The molecule has 35 heavy (non-hydrogen) atoms. The van der Waals surface area contributed by atoms with Crippen molar-refractivity contribution < 1.29 is 8.50 Å². The molecule has 3 aromatic rings. The summed E-state index contributed by atoms with van der Waals surface area (Å²) < 4.78 is 30.1. The molecule has 1 saturated heterocycles. The van der Waals surface area contributed by atoms with E-state index in [9.17, 15) is 4.39 Å². The third-order valence-corrected chi connectivity index (χ3v) is 11.3. The smallest absolute Gasteiger partial charge is 0.247 e. The maximum atomic E-state index is 15.1. The van der Waals surface area contributed by atoms with Gasteiger partial charge in [-0.05, 0) is 77.3 Å². The average Bonchev–Trinajstić information content (AvgIpc) is 2.89. The lowest BCUT2D eigenvalue weighted by Gasteiger charge is -2.32. The maximum absolute atomic E-state index is 15.1. The van der Waals surface area contributed by atoms with Gasteiger partial charge in [-0.2, -0.15) is 5.26 Å². The van der Waals surface area contributed by atoms with Crippen molar-refractivity contribution in [1.29, 1.82) is 5.26 Å². The number of nitriles is 1. The Balaban J connectivity index is 1.32. The molecule has 0 aromatic heterocycles. The van der Waals surface area contributed by atoms with Gasteiger partial charge in [0, 0.05) is 5.56 Å². The predicted octanol–water partition coefficient (Wildman–Crippen LogP) is 9.48. The number of rotatable bonds is 9. The lowest BCUT2D eigenvalue weighted by Crippen LogP contribution is -2.33. The van der Waals surface area contributed by atoms with E-state index in [1.165, 1.54) is 18.4 Å². The van der Waals surface area contributed by atoms with Crippen molar-refractivity contribution in [2.75, 3.05) is 0 Å². The molecule has 3 aromatic carbocycles. The van der Waals surface area contributed by atoms with E-state index < -0.39 is 8.41 Å². The van der Waals surface area contributed by atoms with E-state index in [1.54, 1.807) is 18.2 Å². The van der Waals surface area contributed by atoms with Gasteiger partial charge in [0.1, 0.15) is 5.82 Å². The fourth-order valence-corrected chi connectivity index (χ4v) is 8.80. The third-order valence-electron chi connectivity index (χ3n) is 7.65. The van der Waals surface area contributed by atoms with Crippen LogP contribution in [0.2, 0.25) is 18.1 Å². The zero-order valence-corrected chi connectivity index (χ0v) is 21.7. The number of aryl methyl sites for hydroxylation is 1. The quantitative estimate of drug-likeness (QED) is 0.167. The highest BCUT2D eigenvalue weighted by Crippen LogP contribution is 2.39. The summed E-state index contributed by atoms with van der Waals surface area (Å²) in [7, 11) is -2.45. The van der Waals surface area contributed by atoms with Crippen molar-refractivity contribution in [3.63, 3.8) is 0 Å². The van der Waals surface area contributed by atoms with Crippen molar-refractivity contribution in [3.05, 3.63) is 83.7 Å². The molecule has 0 unspecified atom stereocenters. The summed E-state index contributed by atoms with van der Waals surface area (Å²) in [6.45, 7) is 2.18. The molecule has 0 bridgehead atoms. The second-order valence-electron chi connectivity index (χ2n) is 10.2. The normalized spacial score (nSPS) is 19.9. The monoisotopic (exact) mass is 487 g/mol. The highest BCUT2D eigenvalue weighted by atomic mass is 28.4. The molecular formula is C31H35F2NSi. The molecule has 4 heteroatoms. The standard InChI is InChI=1S/C31H35F2NSi/c1-2-3-4-19-35(33)20-17-25(18-21-35)6-5-24-7-13-28(14-8-24)30-16-15-29(22-31(30)32)27-11-9-26(23-34)10-12-27/h7-16,22,25H,2-6,17-21H2,1H3/t25-,35+.